The lowest BCUT2D eigenvalue weighted by Gasteiger charge is -2.34. The van der Waals surface area contributed by atoms with Crippen LogP contribution in [0.5, 0.6) is 0 Å². The SMILES string of the molecule is CSCC[C@@H](NC(=O)c1ccc([N+](=O)[O-])cc1Cl)C(=O)OCC(=O)N[C@H]1CCC[C@@H](C)[C@H]1C. The Morgan fingerprint density at radius 3 is 2.67 bits per heavy atom. The van der Waals surface area contributed by atoms with E-state index in [-0.39, 0.29) is 34.6 Å². The van der Waals surface area contributed by atoms with E-state index >= 15 is 0 Å². The fourth-order valence-electron chi connectivity index (χ4n) is 3.79. The molecule has 11 heteroatoms. The number of esters is 1. The molecule has 2 N–H and O–H groups in total. The summed E-state index contributed by atoms with van der Waals surface area (Å²) in [5.74, 6) is -0.328. The van der Waals surface area contributed by atoms with Crippen molar-refractivity contribution in [3.63, 3.8) is 0 Å². The smallest absolute Gasteiger partial charge is 0.329 e. The molecule has 182 valence electrons. The summed E-state index contributed by atoms with van der Waals surface area (Å²) in [6, 6.07) is 2.53. The van der Waals surface area contributed by atoms with Gasteiger partial charge in [-0.25, -0.2) is 4.79 Å². The minimum Gasteiger partial charge on any atom is -0.454 e. The van der Waals surface area contributed by atoms with Gasteiger partial charge in [-0.05, 0) is 42.8 Å². The van der Waals surface area contributed by atoms with Crippen LogP contribution in [0, 0.1) is 22.0 Å². The summed E-state index contributed by atoms with van der Waals surface area (Å²) >= 11 is 7.50. The minimum absolute atomic E-state index is 0.00219. The van der Waals surface area contributed by atoms with Crippen LogP contribution in [0.25, 0.3) is 0 Å². The first-order valence-corrected chi connectivity index (χ1v) is 12.6. The molecular formula is C22H30ClN3O6S. The Morgan fingerprint density at radius 1 is 1.30 bits per heavy atom. The molecule has 0 aliphatic heterocycles. The highest BCUT2D eigenvalue weighted by atomic mass is 35.5. The van der Waals surface area contributed by atoms with Crippen molar-refractivity contribution < 1.29 is 24.0 Å². The van der Waals surface area contributed by atoms with Crippen LogP contribution in [0.15, 0.2) is 18.2 Å². The maximum atomic E-state index is 12.6. The molecule has 33 heavy (non-hydrogen) atoms. The molecule has 0 bridgehead atoms. The Labute approximate surface area is 202 Å². The quantitative estimate of drug-likeness (QED) is 0.286. The van der Waals surface area contributed by atoms with Gasteiger partial charge in [-0.1, -0.05) is 38.3 Å². The molecule has 2 rings (SSSR count). The molecule has 1 aromatic rings. The maximum absolute atomic E-state index is 12.6. The van der Waals surface area contributed by atoms with Crippen LogP contribution >= 0.6 is 23.4 Å². The summed E-state index contributed by atoms with van der Waals surface area (Å²) < 4.78 is 5.19. The number of non-ortho nitro benzene ring substituents is 1. The van der Waals surface area contributed by atoms with Crippen LogP contribution in [0.4, 0.5) is 5.69 Å². The average Bonchev–Trinajstić information content (AvgIpc) is 2.77. The number of rotatable bonds is 10. The van der Waals surface area contributed by atoms with Gasteiger partial charge < -0.3 is 15.4 Å². The second kappa shape index (κ2) is 12.8. The van der Waals surface area contributed by atoms with Gasteiger partial charge in [0, 0.05) is 18.2 Å². The second-order valence-corrected chi connectivity index (χ2v) is 9.67. The van der Waals surface area contributed by atoms with Gasteiger partial charge in [0.2, 0.25) is 0 Å². The zero-order valence-corrected chi connectivity index (χ0v) is 20.5. The van der Waals surface area contributed by atoms with Crippen molar-refractivity contribution in [1.29, 1.82) is 0 Å². The summed E-state index contributed by atoms with van der Waals surface area (Å²) in [6.07, 6.45) is 5.22. The first-order chi connectivity index (χ1) is 15.6. The van der Waals surface area contributed by atoms with Gasteiger partial charge in [0.05, 0.1) is 15.5 Å². The standard InChI is InChI=1S/C22H30ClN3O6S/c1-13-5-4-6-18(14(13)2)24-20(27)12-32-22(29)19(9-10-33-3)25-21(28)16-8-7-15(26(30)31)11-17(16)23/h7-8,11,13-14,18-19H,4-6,9-10,12H2,1-3H3,(H,24,27)(H,25,28)/t13-,14-,18+,19-/m1/s1. The molecule has 0 saturated heterocycles. The molecule has 0 heterocycles. The predicted octanol–water partition coefficient (Wildman–Crippen LogP) is 3.58. The van der Waals surface area contributed by atoms with Crippen molar-refractivity contribution in [3.05, 3.63) is 38.9 Å². The van der Waals surface area contributed by atoms with Crippen LogP contribution in [-0.4, -0.2) is 53.4 Å². The van der Waals surface area contributed by atoms with Crippen molar-refractivity contribution >= 4 is 46.8 Å². The zero-order valence-electron chi connectivity index (χ0n) is 19.0. The fraction of sp³-hybridized carbons (Fsp3) is 0.591. The van der Waals surface area contributed by atoms with Gasteiger partial charge in [-0.15, -0.1) is 0 Å². The Kier molecular flexibility index (Phi) is 10.4. The van der Waals surface area contributed by atoms with E-state index in [4.69, 9.17) is 16.3 Å². The van der Waals surface area contributed by atoms with Crippen molar-refractivity contribution in [2.24, 2.45) is 11.8 Å². The number of carbonyl (C=O) groups is 3. The number of hydrogen-bond donors (Lipinski definition) is 2. The van der Waals surface area contributed by atoms with Crippen molar-refractivity contribution in [1.82, 2.24) is 10.6 Å². The van der Waals surface area contributed by atoms with Crippen molar-refractivity contribution in [3.8, 4) is 0 Å². The molecule has 1 aliphatic rings. The number of halogens is 1. The van der Waals surface area contributed by atoms with Crippen LogP contribution in [0.3, 0.4) is 0 Å². The topological polar surface area (TPSA) is 128 Å². The molecular weight excluding hydrogens is 470 g/mol. The highest BCUT2D eigenvalue weighted by molar-refractivity contribution is 7.98. The molecule has 9 nitrogen and oxygen atoms in total. The second-order valence-electron chi connectivity index (χ2n) is 8.28. The molecule has 0 aromatic heterocycles. The number of nitro groups is 1. The fourth-order valence-corrected chi connectivity index (χ4v) is 4.53. The first kappa shape index (κ1) is 26.9. The third-order valence-corrected chi connectivity index (χ3v) is 6.96. The number of nitro benzene ring substituents is 1. The molecule has 0 spiro atoms. The molecule has 1 aliphatic carbocycles. The Bertz CT molecular complexity index is 884. The summed E-state index contributed by atoms with van der Waals surface area (Å²) in [4.78, 5) is 47.8. The normalized spacial score (nSPS) is 21.0. The van der Waals surface area contributed by atoms with E-state index in [1.165, 1.54) is 17.8 Å². The third kappa shape index (κ3) is 7.89. The average molecular weight is 500 g/mol. The van der Waals surface area contributed by atoms with Crippen LogP contribution in [-0.2, 0) is 14.3 Å². The van der Waals surface area contributed by atoms with Crippen LogP contribution < -0.4 is 10.6 Å². The number of carbonyl (C=O) groups excluding carboxylic acids is 3. The zero-order chi connectivity index (χ0) is 24.5. The molecule has 1 saturated carbocycles. The lowest BCUT2D eigenvalue weighted by Crippen LogP contribution is -2.46. The van der Waals surface area contributed by atoms with Crippen LogP contribution in [0.2, 0.25) is 5.02 Å². The van der Waals surface area contributed by atoms with Gasteiger partial charge in [-0.3, -0.25) is 19.7 Å². The molecule has 4 atom stereocenters. The molecule has 1 aromatic carbocycles. The van der Waals surface area contributed by atoms with Gasteiger partial charge in [0.25, 0.3) is 17.5 Å². The lowest BCUT2D eigenvalue weighted by atomic mass is 9.78. The van der Waals surface area contributed by atoms with Crippen LogP contribution in [0.1, 0.15) is 49.9 Å². The monoisotopic (exact) mass is 499 g/mol. The number of ether oxygens (including phenoxy) is 1. The number of hydrogen-bond acceptors (Lipinski definition) is 7. The summed E-state index contributed by atoms with van der Waals surface area (Å²) in [5, 5.41) is 16.3. The van der Waals surface area contributed by atoms with Gasteiger partial charge in [0.15, 0.2) is 6.61 Å². The number of amides is 2. The summed E-state index contributed by atoms with van der Waals surface area (Å²) in [7, 11) is 0. The summed E-state index contributed by atoms with van der Waals surface area (Å²) in [6.45, 7) is 3.84. The Morgan fingerprint density at radius 2 is 2.03 bits per heavy atom. The van der Waals surface area contributed by atoms with Crippen molar-refractivity contribution in [2.75, 3.05) is 18.6 Å². The van der Waals surface area contributed by atoms with Gasteiger partial charge in [0.1, 0.15) is 6.04 Å². The largest absolute Gasteiger partial charge is 0.454 e. The van der Waals surface area contributed by atoms with Gasteiger partial charge in [-0.2, -0.15) is 11.8 Å². The van der Waals surface area contributed by atoms with Gasteiger partial charge >= 0.3 is 5.97 Å². The van der Waals surface area contributed by atoms with Crippen molar-refractivity contribution in [2.45, 2.75) is 51.6 Å². The Balaban J connectivity index is 1.96. The predicted molar refractivity (Wildman–Crippen MR) is 127 cm³/mol. The van der Waals surface area contributed by atoms with E-state index in [0.29, 0.717) is 17.6 Å². The highest BCUT2D eigenvalue weighted by Gasteiger charge is 2.29. The number of benzene rings is 1. The summed E-state index contributed by atoms with van der Waals surface area (Å²) in [5.41, 5.74) is -0.245. The third-order valence-electron chi connectivity index (χ3n) is 6.01. The highest BCUT2D eigenvalue weighted by Crippen LogP contribution is 2.29. The van der Waals surface area contributed by atoms with E-state index in [0.717, 1.165) is 31.4 Å². The van der Waals surface area contributed by atoms with E-state index < -0.39 is 29.4 Å². The number of nitrogens with zero attached hydrogens (tertiary/aromatic N) is 1. The first-order valence-electron chi connectivity index (χ1n) is 10.8. The van der Waals surface area contributed by atoms with E-state index in [1.807, 2.05) is 6.26 Å². The maximum Gasteiger partial charge on any atom is 0.329 e. The molecule has 2 amide bonds. The molecule has 0 radical (unpaired) electrons. The number of nitrogens with one attached hydrogen (secondary N) is 2. The molecule has 0 unspecified atom stereocenters. The lowest BCUT2D eigenvalue weighted by molar-refractivity contribution is -0.384. The minimum atomic E-state index is -0.988. The molecule has 1 fully saturated rings. The van der Waals surface area contributed by atoms with E-state index in [9.17, 15) is 24.5 Å². The van der Waals surface area contributed by atoms with E-state index in [2.05, 4.69) is 24.5 Å². The number of thioether (sulfide) groups is 1. The Hall–Kier alpha value is -2.33. The van der Waals surface area contributed by atoms with E-state index in [1.54, 1.807) is 0 Å².